The van der Waals surface area contributed by atoms with Gasteiger partial charge in [0.05, 0.1) is 15.1 Å². The lowest BCUT2D eigenvalue weighted by atomic mass is 10.2. The van der Waals surface area contributed by atoms with Crippen LogP contribution in [0.4, 0.5) is 0 Å². The maximum atomic E-state index is 12.6. The number of rotatable bonds is 4. The van der Waals surface area contributed by atoms with Crippen molar-refractivity contribution in [1.82, 2.24) is 4.31 Å². The van der Waals surface area contributed by atoms with E-state index in [2.05, 4.69) is 0 Å². The molecule has 0 aliphatic heterocycles. The summed E-state index contributed by atoms with van der Waals surface area (Å²) in [6.45, 7) is 0.236. The Morgan fingerprint density at radius 3 is 2.14 bits per heavy atom. The monoisotopic (exact) mass is 363 g/mol. The Kier molecular flexibility index (Phi) is 5.17. The third-order valence-corrected chi connectivity index (χ3v) is 5.90. The maximum absolute atomic E-state index is 12.6. The van der Waals surface area contributed by atoms with E-state index in [1.165, 1.54) is 23.5 Å². The van der Waals surface area contributed by atoms with E-state index in [4.69, 9.17) is 34.8 Å². The first-order valence-corrected chi connectivity index (χ1v) is 8.54. The largest absolute Gasteiger partial charge is 0.244 e. The van der Waals surface area contributed by atoms with Crippen LogP contribution in [-0.2, 0) is 16.6 Å². The smallest absolute Gasteiger partial charge is 0.207 e. The molecule has 0 heterocycles. The molecule has 0 aliphatic rings. The van der Waals surface area contributed by atoms with Crippen LogP contribution in [0.3, 0.4) is 0 Å². The van der Waals surface area contributed by atoms with Gasteiger partial charge in [-0.05, 0) is 17.7 Å². The molecule has 0 amide bonds. The lowest BCUT2D eigenvalue weighted by Crippen LogP contribution is -2.26. The molecule has 0 unspecified atom stereocenters. The molecule has 2 rings (SSSR count). The van der Waals surface area contributed by atoms with Gasteiger partial charge in [0.15, 0.2) is 0 Å². The molecule has 21 heavy (non-hydrogen) atoms. The van der Waals surface area contributed by atoms with Gasteiger partial charge in [0, 0.05) is 13.6 Å². The zero-order valence-electron chi connectivity index (χ0n) is 11.1. The van der Waals surface area contributed by atoms with Crippen LogP contribution in [0.5, 0.6) is 0 Å². The molecule has 0 saturated carbocycles. The van der Waals surface area contributed by atoms with Crippen molar-refractivity contribution in [3.63, 3.8) is 0 Å². The second kappa shape index (κ2) is 6.55. The normalized spacial score (nSPS) is 11.9. The van der Waals surface area contributed by atoms with E-state index in [-0.39, 0.29) is 26.5 Å². The highest BCUT2D eigenvalue weighted by atomic mass is 35.5. The van der Waals surface area contributed by atoms with Crippen molar-refractivity contribution in [3.8, 4) is 0 Å². The summed E-state index contributed by atoms with van der Waals surface area (Å²) in [7, 11) is -2.26. The minimum atomic E-state index is -3.75. The third-order valence-electron chi connectivity index (χ3n) is 2.91. The number of nitrogens with zero attached hydrogens (tertiary/aromatic N) is 1. The van der Waals surface area contributed by atoms with Crippen molar-refractivity contribution in [2.24, 2.45) is 0 Å². The summed E-state index contributed by atoms with van der Waals surface area (Å²) in [6, 6.07) is 11.9. The molecule has 0 fully saturated rings. The van der Waals surface area contributed by atoms with E-state index in [0.717, 1.165) is 5.56 Å². The van der Waals surface area contributed by atoms with Crippen molar-refractivity contribution < 1.29 is 8.42 Å². The van der Waals surface area contributed by atoms with Crippen LogP contribution in [-0.4, -0.2) is 19.8 Å². The van der Waals surface area contributed by atoms with Gasteiger partial charge in [0.1, 0.15) is 4.90 Å². The summed E-state index contributed by atoms with van der Waals surface area (Å²) < 4.78 is 26.3. The first kappa shape index (κ1) is 16.6. The summed E-state index contributed by atoms with van der Waals surface area (Å²) in [5.41, 5.74) is 0.875. The molecule has 112 valence electrons. The summed E-state index contributed by atoms with van der Waals surface area (Å²) in [6.07, 6.45) is 0. The Hall–Kier alpha value is -0.780. The fourth-order valence-corrected chi connectivity index (χ4v) is 3.93. The number of halogens is 3. The van der Waals surface area contributed by atoms with Crippen LogP contribution < -0.4 is 0 Å². The third kappa shape index (κ3) is 3.71. The molecule has 3 nitrogen and oxygen atoms in total. The van der Waals surface area contributed by atoms with E-state index in [1.54, 1.807) is 0 Å². The van der Waals surface area contributed by atoms with Crippen LogP contribution in [0.15, 0.2) is 47.4 Å². The van der Waals surface area contributed by atoms with Crippen molar-refractivity contribution in [2.75, 3.05) is 7.05 Å². The zero-order chi connectivity index (χ0) is 15.6. The minimum absolute atomic E-state index is 0.0457. The SMILES string of the molecule is CN(Cc1ccccc1)S(=O)(=O)c1cc(Cl)c(Cl)cc1Cl. The number of hydrogen-bond donors (Lipinski definition) is 0. The van der Waals surface area contributed by atoms with Crippen LogP contribution in [0.25, 0.3) is 0 Å². The molecule has 0 spiro atoms. The van der Waals surface area contributed by atoms with Gasteiger partial charge in [0.25, 0.3) is 0 Å². The molecule has 0 radical (unpaired) electrons. The van der Waals surface area contributed by atoms with Gasteiger partial charge < -0.3 is 0 Å². The second-order valence-corrected chi connectivity index (χ2v) is 7.68. The summed E-state index contributed by atoms with van der Waals surface area (Å²) in [5, 5.41) is 0.406. The molecule has 0 N–H and O–H groups in total. The summed E-state index contributed by atoms with van der Waals surface area (Å²) >= 11 is 17.7. The van der Waals surface area contributed by atoms with Gasteiger partial charge >= 0.3 is 0 Å². The average molecular weight is 365 g/mol. The highest BCUT2D eigenvalue weighted by Gasteiger charge is 2.25. The van der Waals surface area contributed by atoms with E-state index >= 15 is 0 Å². The van der Waals surface area contributed by atoms with Gasteiger partial charge in [-0.2, -0.15) is 4.31 Å². The molecule has 7 heteroatoms. The Labute approximate surface area is 139 Å². The first-order valence-electron chi connectivity index (χ1n) is 5.97. The highest BCUT2D eigenvalue weighted by molar-refractivity contribution is 7.89. The topological polar surface area (TPSA) is 37.4 Å². The van der Waals surface area contributed by atoms with Crippen LogP contribution in [0, 0.1) is 0 Å². The van der Waals surface area contributed by atoms with E-state index < -0.39 is 10.0 Å². The highest BCUT2D eigenvalue weighted by Crippen LogP contribution is 2.33. The van der Waals surface area contributed by atoms with Gasteiger partial charge in [0.2, 0.25) is 10.0 Å². The summed E-state index contributed by atoms with van der Waals surface area (Å²) in [4.78, 5) is -0.0583. The van der Waals surface area contributed by atoms with E-state index in [9.17, 15) is 8.42 Å². The molecular formula is C14H12Cl3NO2S. The second-order valence-electron chi connectivity index (χ2n) is 4.44. The molecular weight excluding hydrogens is 353 g/mol. The fraction of sp³-hybridized carbons (Fsp3) is 0.143. The van der Waals surface area contributed by atoms with Crippen molar-refractivity contribution >= 4 is 44.8 Å². The van der Waals surface area contributed by atoms with Crippen molar-refractivity contribution in [3.05, 3.63) is 63.1 Å². The quantitative estimate of drug-likeness (QED) is 0.751. The van der Waals surface area contributed by atoms with E-state index in [1.807, 2.05) is 30.3 Å². The van der Waals surface area contributed by atoms with Crippen LogP contribution >= 0.6 is 34.8 Å². The standard InChI is InChI=1S/C14H12Cl3NO2S/c1-18(9-10-5-3-2-4-6-10)21(19,20)14-8-12(16)11(15)7-13(14)17/h2-8H,9H2,1H3. The average Bonchev–Trinajstić information content (AvgIpc) is 2.43. The lowest BCUT2D eigenvalue weighted by molar-refractivity contribution is 0.467. The Morgan fingerprint density at radius 1 is 0.952 bits per heavy atom. The fourth-order valence-electron chi connectivity index (χ4n) is 1.80. The molecule has 0 saturated heterocycles. The maximum Gasteiger partial charge on any atom is 0.244 e. The Balaban J connectivity index is 2.36. The predicted molar refractivity (Wildman–Crippen MR) is 86.6 cm³/mol. The Bertz CT molecular complexity index is 748. The molecule has 2 aromatic carbocycles. The number of sulfonamides is 1. The van der Waals surface area contributed by atoms with Gasteiger partial charge in [-0.1, -0.05) is 65.1 Å². The van der Waals surface area contributed by atoms with E-state index in [0.29, 0.717) is 0 Å². The van der Waals surface area contributed by atoms with Gasteiger partial charge in [-0.15, -0.1) is 0 Å². The minimum Gasteiger partial charge on any atom is -0.207 e. The van der Waals surface area contributed by atoms with Crippen LogP contribution in [0.2, 0.25) is 15.1 Å². The molecule has 0 aromatic heterocycles. The Morgan fingerprint density at radius 2 is 1.52 bits per heavy atom. The lowest BCUT2D eigenvalue weighted by Gasteiger charge is -2.18. The zero-order valence-corrected chi connectivity index (χ0v) is 14.1. The molecule has 0 aliphatic carbocycles. The van der Waals surface area contributed by atoms with Crippen LogP contribution in [0.1, 0.15) is 5.56 Å². The van der Waals surface area contributed by atoms with Gasteiger partial charge in [-0.25, -0.2) is 8.42 Å². The molecule has 0 bridgehead atoms. The van der Waals surface area contributed by atoms with Gasteiger partial charge in [-0.3, -0.25) is 0 Å². The predicted octanol–water partition coefficient (Wildman–Crippen LogP) is 4.47. The van der Waals surface area contributed by atoms with Crippen molar-refractivity contribution in [1.29, 1.82) is 0 Å². The molecule has 0 atom stereocenters. The summed E-state index contributed by atoms with van der Waals surface area (Å²) in [5.74, 6) is 0. The number of benzene rings is 2. The molecule has 2 aromatic rings. The first-order chi connectivity index (χ1) is 9.82. The van der Waals surface area contributed by atoms with Crippen molar-refractivity contribution in [2.45, 2.75) is 11.4 Å². The number of hydrogen-bond acceptors (Lipinski definition) is 2.